The van der Waals surface area contributed by atoms with Crippen LogP contribution in [-0.2, 0) is 14.9 Å². The van der Waals surface area contributed by atoms with Crippen molar-refractivity contribution in [1.82, 2.24) is 0 Å². The first kappa shape index (κ1) is 23.0. The Labute approximate surface area is 180 Å². The minimum atomic E-state index is -1.13. The lowest BCUT2D eigenvalue weighted by atomic mass is 9.61. The highest BCUT2D eigenvalue weighted by atomic mass is 16.7. The van der Waals surface area contributed by atoms with Gasteiger partial charge in [-0.1, -0.05) is 92.8 Å². The Morgan fingerprint density at radius 1 is 0.700 bits per heavy atom. The van der Waals surface area contributed by atoms with Gasteiger partial charge in [0, 0.05) is 20.6 Å². The van der Waals surface area contributed by atoms with E-state index in [1.807, 2.05) is 60.7 Å². The van der Waals surface area contributed by atoms with Gasteiger partial charge in [-0.25, -0.2) is 0 Å². The van der Waals surface area contributed by atoms with Crippen molar-refractivity contribution in [2.45, 2.75) is 74.8 Å². The Morgan fingerprint density at radius 2 is 1.17 bits per heavy atom. The number of ether oxygens (including phenoxy) is 2. The molecule has 1 fully saturated rings. The van der Waals surface area contributed by atoms with Crippen LogP contribution in [0.3, 0.4) is 0 Å². The second-order valence-corrected chi connectivity index (χ2v) is 8.37. The Morgan fingerprint density at radius 3 is 1.67 bits per heavy atom. The van der Waals surface area contributed by atoms with Crippen LogP contribution >= 0.6 is 0 Å². The van der Waals surface area contributed by atoms with E-state index in [2.05, 4.69) is 0 Å². The van der Waals surface area contributed by atoms with Crippen molar-refractivity contribution >= 4 is 0 Å². The third kappa shape index (κ3) is 4.19. The van der Waals surface area contributed by atoms with E-state index >= 15 is 0 Å². The number of rotatable bonds is 4. The lowest BCUT2D eigenvalue weighted by molar-refractivity contribution is -0.271. The largest absolute Gasteiger partial charge is 0.390 e. The number of hydrogen-bond acceptors (Lipinski definition) is 4. The summed E-state index contributed by atoms with van der Waals surface area (Å²) in [6, 6.07) is 19.8. The molecule has 0 radical (unpaired) electrons. The minimum Gasteiger partial charge on any atom is -0.390 e. The predicted octanol–water partition coefficient (Wildman–Crippen LogP) is 4.82. The topological polar surface area (TPSA) is 58.9 Å². The highest BCUT2D eigenvalue weighted by Crippen LogP contribution is 2.50. The van der Waals surface area contributed by atoms with Crippen LogP contribution in [0.5, 0.6) is 0 Å². The first-order valence-corrected chi connectivity index (χ1v) is 11.2. The molecule has 2 atom stereocenters. The van der Waals surface area contributed by atoms with Gasteiger partial charge >= 0.3 is 0 Å². The van der Waals surface area contributed by atoms with Gasteiger partial charge in [0.2, 0.25) is 0 Å². The average molecular weight is 413 g/mol. The van der Waals surface area contributed by atoms with Crippen LogP contribution in [0.1, 0.15) is 62.5 Å². The van der Waals surface area contributed by atoms with E-state index in [1.54, 1.807) is 14.2 Å². The van der Waals surface area contributed by atoms with Crippen molar-refractivity contribution in [1.29, 1.82) is 0 Å². The molecule has 1 aliphatic rings. The molecule has 0 amide bonds. The van der Waals surface area contributed by atoms with Crippen molar-refractivity contribution in [3.63, 3.8) is 0 Å². The number of aliphatic hydroxyl groups is 2. The van der Waals surface area contributed by atoms with Crippen molar-refractivity contribution < 1.29 is 19.7 Å². The molecule has 0 saturated heterocycles. The van der Waals surface area contributed by atoms with Gasteiger partial charge in [-0.2, -0.15) is 0 Å². The van der Waals surface area contributed by atoms with Crippen LogP contribution in [0.2, 0.25) is 0 Å². The SMILES string of the molecule is COC1(OC)CCCCCCCCC(O)C(O)C1(c1ccccc1)c1ccccc1. The summed E-state index contributed by atoms with van der Waals surface area (Å²) in [6.07, 6.45) is 5.47. The molecule has 4 heteroatoms. The molecular formula is C26H36O4. The Hall–Kier alpha value is -1.72. The van der Waals surface area contributed by atoms with Gasteiger partial charge < -0.3 is 19.7 Å². The highest BCUT2D eigenvalue weighted by Gasteiger charge is 2.60. The molecule has 3 rings (SSSR count). The second-order valence-electron chi connectivity index (χ2n) is 8.37. The van der Waals surface area contributed by atoms with Crippen molar-refractivity contribution in [2.75, 3.05) is 14.2 Å². The van der Waals surface area contributed by atoms with Gasteiger partial charge in [0.05, 0.1) is 12.2 Å². The lowest BCUT2D eigenvalue weighted by Crippen LogP contribution is -2.64. The summed E-state index contributed by atoms with van der Waals surface area (Å²) in [4.78, 5) is 0. The van der Waals surface area contributed by atoms with E-state index < -0.39 is 23.4 Å². The van der Waals surface area contributed by atoms with E-state index in [9.17, 15) is 10.2 Å². The monoisotopic (exact) mass is 412 g/mol. The zero-order valence-electron chi connectivity index (χ0n) is 18.3. The molecule has 1 saturated carbocycles. The van der Waals surface area contributed by atoms with Gasteiger partial charge in [0.15, 0.2) is 5.79 Å². The summed E-state index contributed by atoms with van der Waals surface area (Å²) in [5.74, 6) is -1.13. The highest BCUT2D eigenvalue weighted by molar-refractivity contribution is 5.45. The average Bonchev–Trinajstić information content (AvgIpc) is 2.80. The van der Waals surface area contributed by atoms with Crippen LogP contribution in [-0.4, -0.2) is 42.4 Å². The normalized spacial score (nSPS) is 25.1. The number of methoxy groups -OCH3 is 2. The molecule has 0 bridgehead atoms. The first-order valence-electron chi connectivity index (χ1n) is 11.2. The second kappa shape index (κ2) is 10.5. The van der Waals surface area contributed by atoms with Gasteiger partial charge in [-0.3, -0.25) is 0 Å². The third-order valence-corrected chi connectivity index (χ3v) is 6.78. The summed E-state index contributed by atoms with van der Waals surface area (Å²) in [6.45, 7) is 0. The fourth-order valence-corrected chi connectivity index (χ4v) is 5.25. The van der Waals surface area contributed by atoms with Crippen molar-refractivity contribution in [3.05, 3.63) is 71.8 Å². The lowest BCUT2D eigenvalue weighted by Gasteiger charge is -2.53. The van der Waals surface area contributed by atoms with Crippen LogP contribution in [0.15, 0.2) is 60.7 Å². The fraction of sp³-hybridized carbons (Fsp3) is 0.538. The maximum atomic E-state index is 11.9. The van der Waals surface area contributed by atoms with E-state index in [0.717, 1.165) is 49.7 Å². The molecule has 1 aliphatic carbocycles. The molecule has 164 valence electrons. The maximum absolute atomic E-state index is 11.9. The molecule has 2 N–H and O–H groups in total. The smallest absolute Gasteiger partial charge is 0.183 e. The zero-order valence-corrected chi connectivity index (χ0v) is 18.3. The molecule has 2 aromatic carbocycles. The summed E-state index contributed by atoms with van der Waals surface area (Å²) in [5, 5.41) is 23.0. The fourth-order valence-electron chi connectivity index (χ4n) is 5.25. The van der Waals surface area contributed by atoms with E-state index in [0.29, 0.717) is 12.8 Å². The number of benzene rings is 2. The molecular weight excluding hydrogens is 376 g/mol. The van der Waals surface area contributed by atoms with Gasteiger partial charge in [0.25, 0.3) is 0 Å². The number of aliphatic hydroxyl groups excluding tert-OH is 2. The Kier molecular flexibility index (Phi) is 8.06. The van der Waals surface area contributed by atoms with Gasteiger partial charge in [0.1, 0.15) is 5.41 Å². The molecule has 2 aromatic rings. The van der Waals surface area contributed by atoms with E-state index in [-0.39, 0.29) is 0 Å². The Bertz CT molecular complexity index is 703. The summed E-state index contributed by atoms with van der Waals surface area (Å²) in [7, 11) is 3.30. The quantitative estimate of drug-likeness (QED) is 0.707. The molecule has 4 nitrogen and oxygen atoms in total. The van der Waals surface area contributed by atoms with Crippen molar-refractivity contribution in [2.24, 2.45) is 0 Å². The standard InChI is InChI=1S/C26H36O4/c1-29-25(30-2)20-14-6-4-3-5-13-19-23(27)24(28)26(25,21-15-9-7-10-16-21)22-17-11-8-12-18-22/h7-12,15-18,23-24,27-28H,3-6,13-14,19-20H2,1-2H3. The van der Waals surface area contributed by atoms with Gasteiger partial charge in [-0.15, -0.1) is 0 Å². The van der Waals surface area contributed by atoms with Crippen LogP contribution in [0, 0.1) is 0 Å². The molecule has 30 heavy (non-hydrogen) atoms. The zero-order chi connectivity index (χ0) is 21.5. The van der Waals surface area contributed by atoms with Crippen LogP contribution in [0.4, 0.5) is 0 Å². The predicted molar refractivity (Wildman–Crippen MR) is 119 cm³/mol. The molecule has 0 spiro atoms. The molecule has 0 aromatic heterocycles. The van der Waals surface area contributed by atoms with Gasteiger partial charge in [-0.05, 0) is 24.0 Å². The molecule has 0 heterocycles. The third-order valence-electron chi connectivity index (χ3n) is 6.78. The summed E-state index contributed by atoms with van der Waals surface area (Å²) >= 11 is 0. The molecule has 2 unspecified atom stereocenters. The van der Waals surface area contributed by atoms with Crippen LogP contribution in [0.25, 0.3) is 0 Å². The van der Waals surface area contributed by atoms with Crippen molar-refractivity contribution in [3.8, 4) is 0 Å². The Balaban J connectivity index is 2.30. The van der Waals surface area contributed by atoms with E-state index in [1.165, 1.54) is 0 Å². The minimum absolute atomic E-state index is 0.548. The summed E-state index contributed by atoms with van der Waals surface area (Å²) in [5.41, 5.74) is 0.671. The first-order chi connectivity index (χ1) is 14.6. The van der Waals surface area contributed by atoms with E-state index in [4.69, 9.17) is 9.47 Å². The van der Waals surface area contributed by atoms with Crippen LogP contribution < -0.4 is 0 Å². The maximum Gasteiger partial charge on any atom is 0.183 e. The number of hydrogen-bond donors (Lipinski definition) is 2. The molecule has 0 aliphatic heterocycles. The summed E-state index contributed by atoms with van der Waals surface area (Å²) < 4.78 is 12.4.